The van der Waals surface area contributed by atoms with Crippen LogP contribution in [0.1, 0.15) is 5.56 Å². The number of hydrogen-bond donors (Lipinski definition) is 1. The van der Waals surface area contributed by atoms with Crippen LogP contribution in [0.2, 0.25) is 0 Å². The molecule has 0 saturated carbocycles. The van der Waals surface area contributed by atoms with E-state index in [2.05, 4.69) is 0 Å². The van der Waals surface area contributed by atoms with Gasteiger partial charge in [-0.1, -0.05) is 6.07 Å². The first kappa shape index (κ1) is 11.4. The molecule has 0 aliphatic carbocycles. The summed E-state index contributed by atoms with van der Waals surface area (Å²) in [6, 6.07) is 7.36. The summed E-state index contributed by atoms with van der Waals surface area (Å²) in [5.41, 5.74) is 0.807. The van der Waals surface area contributed by atoms with Gasteiger partial charge in [-0.05, 0) is 23.6 Å². The molecular weight excluding hydrogens is 214 g/mol. The molecule has 0 amide bonds. The van der Waals surface area contributed by atoms with Crippen LogP contribution in [0, 0.1) is 5.41 Å². The number of nitrogens with zero attached hydrogens (tertiary/aromatic N) is 2. The van der Waals surface area contributed by atoms with Crippen LogP contribution in [0.25, 0.3) is 10.8 Å². The molecule has 4 heteroatoms. The lowest BCUT2D eigenvalue weighted by atomic mass is 10.1. The Labute approximate surface area is 99.6 Å². The van der Waals surface area contributed by atoms with Gasteiger partial charge in [0.25, 0.3) is 5.56 Å². The van der Waals surface area contributed by atoms with E-state index in [1.807, 2.05) is 32.3 Å². The quantitative estimate of drug-likeness (QED) is 0.594. The average molecular weight is 229 g/mol. The number of aryl methyl sites for hydroxylation is 1. The van der Waals surface area contributed by atoms with Crippen molar-refractivity contribution >= 4 is 16.6 Å². The fourth-order valence-electron chi connectivity index (χ4n) is 1.75. The summed E-state index contributed by atoms with van der Waals surface area (Å²) < 4.78 is 1.55. The van der Waals surface area contributed by atoms with Gasteiger partial charge in [0.2, 0.25) is 0 Å². The standard InChI is InChI=1S/C13H15N3O/c1-15(2)12(14)10-4-5-11-9(8-10)6-7-16(3)13(11)17/h4-8,14H,1-3H3. The minimum atomic E-state index is -0.00886. The maximum Gasteiger partial charge on any atom is 0.258 e. The first-order valence-corrected chi connectivity index (χ1v) is 5.36. The first-order valence-electron chi connectivity index (χ1n) is 5.36. The fraction of sp³-hybridized carbons (Fsp3) is 0.231. The molecule has 0 atom stereocenters. The highest BCUT2D eigenvalue weighted by Crippen LogP contribution is 2.13. The van der Waals surface area contributed by atoms with E-state index in [1.54, 1.807) is 28.8 Å². The minimum Gasteiger partial charge on any atom is -0.363 e. The molecule has 88 valence electrons. The molecule has 2 aromatic rings. The minimum absolute atomic E-state index is 0.00886. The summed E-state index contributed by atoms with van der Waals surface area (Å²) >= 11 is 0. The van der Waals surface area contributed by atoms with Crippen LogP contribution < -0.4 is 5.56 Å². The average Bonchev–Trinajstić information content (AvgIpc) is 2.32. The van der Waals surface area contributed by atoms with Gasteiger partial charge < -0.3 is 9.47 Å². The van der Waals surface area contributed by atoms with Crippen molar-refractivity contribution in [3.05, 3.63) is 46.4 Å². The Morgan fingerprint density at radius 1 is 1.29 bits per heavy atom. The third-order valence-electron chi connectivity index (χ3n) is 2.80. The molecule has 0 aliphatic heterocycles. The van der Waals surface area contributed by atoms with E-state index < -0.39 is 0 Å². The number of aromatic nitrogens is 1. The zero-order valence-electron chi connectivity index (χ0n) is 10.2. The van der Waals surface area contributed by atoms with Gasteiger partial charge in [0.05, 0.1) is 0 Å². The molecule has 0 bridgehead atoms. The smallest absolute Gasteiger partial charge is 0.258 e. The topological polar surface area (TPSA) is 49.1 Å². The summed E-state index contributed by atoms with van der Waals surface area (Å²) in [6.45, 7) is 0. The van der Waals surface area contributed by atoms with E-state index in [9.17, 15) is 4.79 Å². The molecule has 0 fully saturated rings. The number of rotatable bonds is 1. The first-order chi connectivity index (χ1) is 8.00. The predicted molar refractivity (Wildman–Crippen MR) is 69.7 cm³/mol. The van der Waals surface area contributed by atoms with Crippen LogP contribution in [0.4, 0.5) is 0 Å². The van der Waals surface area contributed by atoms with Crippen LogP contribution in [0.3, 0.4) is 0 Å². The van der Waals surface area contributed by atoms with Gasteiger partial charge in [0, 0.05) is 38.3 Å². The molecular formula is C13H15N3O. The Hall–Kier alpha value is -2.10. The lowest BCUT2D eigenvalue weighted by molar-refractivity contribution is 0.619. The number of hydrogen-bond acceptors (Lipinski definition) is 2. The Bertz CT molecular complexity index is 641. The van der Waals surface area contributed by atoms with Crippen molar-refractivity contribution in [1.82, 2.24) is 9.47 Å². The maximum absolute atomic E-state index is 11.8. The van der Waals surface area contributed by atoms with E-state index >= 15 is 0 Å². The van der Waals surface area contributed by atoms with Gasteiger partial charge in [0.1, 0.15) is 5.84 Å². The van der Waals surface area contributed by atoms with E-state index in [-0.39, 0.29) is 5.56 Å². The normalized spacial score (nSPS) is 10.5. The second-order valence-electron chi connectivity index (χ2n) is 4.28. The maximum atomic E-state index is 11.8. The van der Waals surface area contributed by atoms with Gasteiger partial charge in [-0.3, -0.25) is 10.2 Å². The number of benzene rings is 1. The second kappa shape index (κ2) is 4.05. The van der Waals surface area contributed by atoms with Crippen LogP contribution in [-0.4, -0.2) is 29.4 Å². The van der Waals surface area contributed by atoms with Gasteiger partial charge in [-0.25, -0.2) is 0 Å². The molecule has 0 aliphatic rings. The Morgan fingerprint density at radius 2 is 2.00 bits per heavy atom. The lowest BCUT2D eigenvalue weighted by Gasteiger charge is -2.14. The molecule has 1 N–H and O–H groups in total. The highest BCUT2D eigenvalue weighted by atomic mass is 16.1. The summed E-state index contributed by atoms with van der Waals surface area (Å²) in [7, 11) is 5.39. The lowest BCUT2D eigenvalue weighted by Crippen LogP contribution is -2.22. The van der Waals surface area contributed by atoms with Gasteiger partial charge in [0.15, 0.2) is 0 Å². The molecule has 17 heavy (non-hydrogen) atoms. The third kappa shape index (κ3) is 1.93. The van der Waals surface area contributed by atoms with E-state index in [0.717, 1.165) is 10.9 Å². The Balaban J connectivity index is 2.64. The van der Waals surface area contributed by atoms with Crippen molar-refractivity contribution in [2.24, 2.45) is 7.05 Å². The SMILES string of the molecule is CN(C)C(=N)c1ccc2c(=O)n(C)ccc2c1. The predicted octanol–water partition coefficient (Wildman–Crippen LogP) is 1.43. The van der Waals surface area contributed by atoms with Crippen molar-refractivity contribution in [2.45, 2.75) is 0 Å². The summed E-state index contributed by atoms with van der Waals surface area (Å²) in [5.74, 6) is 0.438. The fourth-order valence-corrected chi connectivity index (χ4v) is 1.75. The number of fused-ring (bicyclic) bond motifs is 1. The molecule has 0 spiro atoms. The third-order valence-corrected chi connectivity index (χ3v) is 2.80. The Morgan fingerprint density at radius 3 is 2.65 bits per heavy atom. The van der Waals surface area contributed by atoms with E-state index in [1.165, 1.54) is 0 Å². The van der Waals surface area contributed by atoms with E-state index in [4.69, 9.17) is 5.41 Å². The number of amidine groups is 1. The van der Waals surface area contributed by atoms with Crippen LogP contribution in [0.5, 0.6) is 0 Å². The van der Waals surface area contributed by atoms with Crippen molar-refractivity contribution in [3.8, 4) is 0 Å². The molecule has 2 rings (SSSR count). The van der Waals surface area contributed by atoms with Gasteiger partial charge in [-0.15, -0.1) is 0 Å². The number of nitrogens with one attached hydrogen (secondary N) is 1. The number of pyridine rings is 1. The zero-order chi connectivity index (χ0) is 12.6. The monoisotopic (exact) mass is 229 g/mol. The van der Waals surface area contributed by atoms with Crippen LogP contribution in [-0.2, 0) is 7.05 Å². The summed E-state index contributed by atoms with van der Waals surface area (Å²) in [6.07, 6.45) is 1.74. The molecule has 0 unspecified atom stereocenters. The molecule has 1 heterocycles. The highest BCUT2D eigenvalue weighted by molar-refractivity contribution is 5.99. The second-order valence-corrected chi connectivity index (χ2v) is 4.28. The van der Waals surface area contributed by atoms with Crippen molar-refractivity contribution in [1.29, 1.82) is 5.41 Å². The van der Waals surface area contributed by atoms with Crippen molar-refractivity contribution in [2.75, 3.05) is 14.1 Å². The molecule has 0 saturated heterocycles. The molecule has 4 nitrogen and oxygen atoms in total. The van der Waals surface area contributed by atoms with Gasteiger partial charge in [-0.2, -0.15) is 0 Å². The zero-order valence-corrected chi connectivity index (χ0v) is 10.2. The molecule has 1 aromatic heterocycles. The van der Waals surface area contributed by atoms with Crippen molar-refractivity contribution < 1.29 is 0 Å². The van der Waals surface area contributed by atoms with Crippen LogP contribution >= 0.6 is 0 Å². The largest absolute Gasteiger partial charge is 0.363 e. The van der Waals surface area contributed by atoms with Gasteiger partial charge >= 0.3 is 0 Å². The molecule has 1 aromatic carbocycles. The van der Waals surface area contributed by atoms with E-state index in [0.29, 0.717) is 11.2 Å². The highest BCUT2D eigenvalue weighted by Gasteiger charge is 2.06. The van der Waals surface area contributed by atoms with Crippen LogP contribution in [0.15, 0.2) is 35.3 Å². The summed E-state index contributed by atoms with van der Waals surface area (Å²) in [5, 5.41) is 9.46. The summed E-state index contributed by atoms with van der Waals surface area (Å²) in [4.78, 5) is 13.6. The van der Waals surface area contributed by atoms with Crippen molar-refractivity contribution in [3.63, 3.8) is 0 Å². The Kier molecular flexibility index (Phi) is 2.71. The molecule has 0 radical (unpaired) electrons.